The lowest BCUT2D eigenvalue weighted by atomic mass is 10.2. The Morgan fingerprint density at radius 1 is 1.31 bits per heavy atom. The number of carbonyl (C=O) groups excluding carboxylic acids is 1. The van der Waals surface area contributed by atoms with Crippen LogP contribution in [0, 0.1) is 0 Å². The Morgan fingerprint density at radius 2 is 2.00 bits per heavy atom. The van der Waals surface area contributed by atoms with E-state index < -0.39 is 0 Å². The van der Waals surface area contributed by atoms with Crippen LogP contribution in [-0.4, -0.2) is 10.2 Å². The first-order valence-electron chi connectivity index (χ1n) is 3.64. The second-order valence-corrected chi connectivity index (χ2v) is 4.15. The number of thiocarbonyl (C=S) groups is 1. The van der Waals surface area contributed by atoms with Gasteiger partial charge in [0.25, 0.3) is 5.91 Å². The average Bonchev–Trinajstić information content (AvgIpc) is 2.47. The second kappa shape index (κ2) is 3.35. The lowest BCUT2D eigenvalue weighted by Crippen LogP contribution is -2.18. The molecular weight excluding hydrogens is 204 g/mol. The van der Waals surface area contributed by atoms with Crippen LogP contribution in [0.25, 0.3) is 0 Å². The highest BCUT2D eigenvalue weighted by Gasteiger charge is 2.24. The summed E-state index contributed by atoms with van der Waals surface area (Å²) in [5, 5.41) is 5.47. The number of thioether (sulfide) groups is 1. The van der Waals surface area contributed by atoms with Crippen LogP contribution in [0.1, 0.15) is 0 Å². The van der Waals surface area contributed by atoms with Crippen LogP contribution >= 0.6 is 24.0 Å². The summed E-state index contributed by atoms with van der Waals surface area (Å²) in [6, 6.07) is 0. The molecule has 0 aromatic carbocycles. The smallest absolute Gasteiger partial charge is 0.264 e. The van der Waals surface area contributed by atoms with Gasteiger partial charge in [-0.15, -0.1) is 0 Å². The lowest BCUT2D eigenvalue weighted by Gasteiger charge is -2.02. The van der Waals surface area contributed by atoms with E-state index in [1.807, 2.05) is 12.2 Å². The molecule has 0 saturated carbocycles. The van der Waals surface area contributed by atoms with Crippen LogP contribution in [0.5, 0.6) is 0 Å². The quantitative estimate of drug-likeness (QED) is 0.462. The summed E-state index contributed by atoms with van der Waals surface area (Å²) in [5.41, 5.74) is 0.890. The standard InChI is InChI=1S/C8H6N2OS2/c11-7-6(13-8(12)10-7)5-1-3-9-4-2-5/h1-4,9H,(H,10,11,12). The molecule has 0 aromatic rings. The van der Waals surface area contributed by atoms with E-state index in [4.69, 9.17) is 12.2 Å². The first-order chi connectivity index (χ1) is 6.27. The molecule has 0 aliphatic carbocycles. The molecule has 2 aliphatic rings. The molecule has 2 rings (SSSR count). The zero-order valence-electron chi connectivity index (χ0n) is 6.53. The molecule has 0 bridgehead atoms. The van der Waals surface area contributed by atoms with Gasteiger partial charge < -0.3 is 10.6 Å². The normalized spacial score (nSPS) is 20.6. The van der Waals surface area contributed by atoms with Gasteiger partial charge in [-0.1, -0.05) is 24.0 Å². The van der Waals surface area contributed by atoms with Crippen LogP contribution in [0.4, 0.5) is 0 Å². The molecule has 2 aliphatic heterocycles. The van der Waals surface area contributed by atoms with Gasteiger partial charge in [0.2, 0.25) is 0 Å². The van der Waals surface area contributed by atoms with E-state index in [0.29, 0.717) is 9.23 Å². The van der Waals surface area contributed by atoms with Gasteiger partial charge >= 0.3 is 0 Å². The van der Waals surface area contributed by atoms with Crippen molar-refractivity contribution in [3.8, 4) is 0 Å². The van der Waals surface area contributed by atoms with Crippen molar-refractivity contribution in [3.05, 3.63) is 35.0 Å². The molecule has 0 spiro atoms. The topological polar surface area (TPSA) is 41.1 Å². The van der Waals surface area contributed by atoms with E-state index in [0.717, 1.165) is 5.57 Å². The fourth-order valence-electron chi connectivity index (χ4n) is 1.04. The molecule has 5 heteroatoms. The molecule has 2 N–H and O–H groups in total. The Hall–Kier alpha value is -1.07. The number of nitrogens with one attached hydrogen (secondary N) is 2. The molecule has 1 fully saturated rings. The van der Waals surface area contributed by atoms with Gasteiger partial charge in [0.05, 0.1) is 4.91 Å². The largest absolute Gasteiger partial charge is 0.368 e. The number of hydrogen-bond acceptors (Lipinski definition) is 4. The third-order valence-corrected chi connectivity index (χ3v) is 2.86. The summed E-state index contributed by atoms with van der Waals surface area (Å²) in [7, 11) is 0. The van der Waals surface area contributed by atoms with Crippen LogP contribution in [-0.2, 0) is 4.79 Å². The lowest BCUT2D eigenvalue weighted by molar-refractivity contribution is -0.115. The van der Waals surface area contributed by atoms with Gasteiger partial charge in [-0.3, -0.25) is 4.79 Å². The molecule has 0 radical (unpaired) electrons. The zero-order valence-corrected chi connectivity index (χ0v) is 8.17. The molecular formula is C8H6N2OS2. The number of hydrogen-bond donors (Lipinski definition) is 2. The second-order valence-electron chi connectivity index (χ2n) is 2.46. The minimum Gasteiger partial charge on any atom is -0.368 e. The van der Waals surface area contributed by atoms with Gasteiger partial charge in [-0.05, 0) is 17.7 Å². The predicted molar refractivity (Wildman–Crippen MR) is 56.8 cm³/mol. The first kappa shape index (κ1) is 8.52. The monoisotopic (exact) mass is 210 g/mol. The van der Waals surface area contributed by atoms with Gasteiger partial charge in [0.1, 0.15) is 4.32 Å². The predicted octanol–water partition coefficient (Wildman–Crippen LogP) is 1.02. The highest BCUT2D eigenvalue weighted by Crippen LogP contribution is 2.28. The van der Waals surface area contributed by atoms with Gasteiger partial charge in [0, 0.05) is 12.4 Å². The number of rotatable bonds is 0. The van der Waals surface area contributed by atoms with Crippen LogP contribution in [0.15, 0.2) is 35.0 Å². The summed E-state index contributed by atoms with van der Waals surface area (Å²) in [6.07, 6.45) is 7.24. The van der Waals surface area contributed by atoms with E-state index in [1.165, 1.54) is 11.8 Å². The molecule has 1 saturated heterocycles. The number of dihydropyridines is 1. The van der Waals surface area contributed by atoms with E-state index in [-0.39, 0.29) is 5.91 Å². The van der Waals surface area contributed by atoms with E-state index in [1.54, 1.807) is 12.4 Å². The Labute approximate surface area is 85.0 Å². The van der Waals surface area contributed by atoms with Crippen molar-refractivity contribution in [1.29, 1.82) is 0 Å². The van der Waals surface area contributed by atoms with Gasteiger partial charge in [0.15, 0.2) is 0 Å². The van der Waals surface area contributed by atoms with Crippen molar-refractivity contribution >= 4 is 34.2 Å². The molecule has 0 atom stereocenters. The molecule has 0 unspecified atom stereocenters. The number of amides is 1. The number of allylic oxidation sites excluding steroid dienone is 3. The highest BCUT2D eigenvalue weighted by atomic mass is 32.2. The maximum Gasteiger partial charge on any atom is 0.264 e. The minimum atomic E-state index is -0.110. The Bertz CT molecular complexity index is 354. The van der Waals surface area contributed by atoms with Gasteiger partial charge in [-0.2, -0.15) is 0 Å². The zero-order chi connectivity index (χ0) is 9.26. The van der Waals surface area contributed by atoms with Crippen LogP contribution in [0.3, 0.4) is 0 Å². The average molecular weight is 210 g/mol. The summed E-state index contributed by atoms with van der Waals surface area (Å²) >= 11 is 6.18. The van der Waals surface area contributed by atoms with Crippen molar-refractivity contribution in [2.45, 2.75) is 0 Å². The molecule has 66 valence electrons. The Morgan fingerprint density at radius 3 is 2.54 bits per heavy atom. The summed E-state index contributed by atoms with van der Waals surface area (Å²) in [6.45, 7) is 0. The maximum atomic E-state index is 11.3. The Balaban J connectivity index is 2.37. The summed E-state index contributed by atoms with van der Waals surface area (Å²) in [5.74, 6) is -0.110. The fourth-order valence-corrected chi connectivity index (χ4v) is 2.11. The van der Waals surface area contributed by atoms with Crippen LogP contribution < -0.4 is 10.6 Å². The van der Waals surface area contributed by atoms with Gasteiger partial charge in [-0.25, -0.2) is 0 Å². The SMILES string of the molecule is O=C1NC(=S)SC1=C1C=CNC=C1. The van der Waals surface area contributed by atoms with E-state index in [9.17, 15) is 4.79 Å². The van der Waals surface area contributed by atoms with Crippen molar-refractivity contribution in [3.63, 3.8) is 0 Å². The highest BCUT2D eigenvalue weighted by molar-refractivity contribution is 8.26. The van der Waals surface area contributed by atoms with E-state index >= 15 is 0 Å². The van der Waals surface area contributed by atoms with Crippen molar-refractivity contribution in [2.75, 3.05) is 0 Å². The van der Waals surface area contributed by atoms with Crippen LogP contribution in [0.2, 0.25) is 0 Å². The minimum absolute atomic E-state index is 0.110. The molecule has 2 heterocycles. The molecule has 1 amide bonds. The molecule has 13 heavy (non-hydrogen) atoms. The maximum absolute atomic E-state index is 11.3. The molecule has 0 aromatic heterocycles. The summed E-state index contributed by atoms with van der Waals surface area (Å²) < 4.78 is 0.521. The van der Waals surface area contributed by atoms with E-state index in [2.05, 4.69) is 10.6 Å². The van der Waals surface area contributed by atoms with Crippen molar-refractivity contribution in [1.82, 2.24) is 10.6 Å². The fraction of sp³-hybridized carbons (Fsp3) is 0. The number of carbonyl (C=O) groups is 1. The first-order valence-corrected chi connectivity index (χ1v) is 4.86. The van der Waals surface area contributed by atoms with Crippen molar-refractivity contribution < 1.29 is 4.79 Å². The Kier molecular flexibility index (Phi) is 2.20. The molecule has 3 nitrogen and oxygen atoms in total. The summed E-state index contributed by atoms with van der Waals surface area (Å²) in [4.78, 5) is 12.0. The third kappa shape index (κ3) is 1.66. The third-order valence-electron chi connectivity index (χ3n) is 1.60. The van der Waals surface area contributed by atoms with Crippen molar-refractivity contribution in [2.24, 2.45) is 0 Å².